The maximum atomic E-state index is 11.9. The normalized spacial score (nSPS) is 11.1. The van der Waals surface area contributed by atoms with Crippen LogP contribution >= 0.6 is 12.0 Å². The summed E-state index contributed by atoms with van der Waals surface area (Å²) < 4.78 is 63.7. The first-order chi connectivity index (χ1) is 15.5. The SMILES string of the molecule is CC.CS(=O)(=O)O.O=S(=O)(O)c1cc(SOOO)cc2cccc(NCc3ccccc3)c12. The third-order valence-corrected chi connectivity index (χ3v) is 5.11. The average molecular weight is 520 g/mol. The monoisotopic (exact) mass is 519 g/mol. The summed E-state index contributed by atoms with van der Waals surface area (Å²) in [7, 11) is -8.16. The molecule has 13 heteroatoms. The lowest BCUT2D eigenvalue weighted by molar-refractivity contribution is -0.432. The van der Waals surface area contributed by atoms with Crippen LogP contribution in [-0.4, -0.2) is 37.5 Å². The van der Waals surface area contributed by atoms with Gasteiger partial charge in [-0.1, -0.05) is 61.4 Å². The minimum absolute atomic E-state index is 0.268. The molecule has 0 bridgehead atoms. The molecule has 33 heavy (non-hydrogen) atoms. The molecular weight excluding hydrogens is 494 g/mol. The van der Waals surface area contributed by atoms with E-state index in [-0.39, 0.29) is 4.90 Å². The van der Waals surface area contributed by atoms with Crippen molar-refractivity contribution < 1.29 is 40.6 Å². The fraction of sp³-hybridized carbons (Fsp3) is 0.200. The summed E-state index contributed by atoms with van der Waals surface area (Å²) in [4.78, 5) is 0.0644. The van der Waals surface area contributed by atoms with Crippen LogP contribution in [0.3, 0.4) is 0 Å². The zero-order valence-electron chi connectivity index (χ0n) is 18.0. The first-order valence-electron chi connectivity index (χ1n) is 9.38. The van der Waals surface area contributed by atoms with E-state index in [9.17, 15) is 21.4 Å². The van der Waals surface area contributed by atoms with E-state index in [1.54, 1.807) is 24.3 Å². The third kappa shape index (κ3) is 10.5. The molecule has 0 atom stereocenters. The summed E-state index contributed by atoms with van der Waals surface area (Å²) in [5.41, 5.74) is 1.59. The predicted octanol–water partition coefficient (Wildman–Crippen LogP) is 4.66. The summed E-state index contributed by atoms with van der Waals surface area (Å²) in [6.07, 6.45) is 0.715. The molecule has 3 aromatic carbocycles. The van der Waals surface area contributed by atoms with Gasteiger partial charge in [0.1, 0.15) is 4.90 Å². The Bertz CT molecular complexity index is 1220. The van der Waals surface area contributed by atoms with Crippen molar-refractivity contribution in [2.75, 3.05) is 11.6 Å². The van der Waals surface area contributed by atoms with E-state index >= 15 is 0 Å². The Morgan fingerprint density at radius 3 is 2.09 bits per heavy atom. The fourth-order valence-corrected chi connectivity index (χ4v) is 3.89. The van der Waals surface area contributed by atoms with Gasteiger partial charge in [0.2, 0.25) is 0 Å². The Labute approximate surface area is 197 Å². The number of fused-ring (bicyclic) bond motifs is 1. The second kappa shape index (κ2) is 13.5. The Morgan fingerprint density at radius 1 is 0.939 bits per heavy atom. The number of rotatable bonds is 7. The molecule has 0 unspecified atom stereocenters. The van der Waals surface area contributed by atoms with Crippen LogP contribution in [0.15, 0.2) is 70.5 Å². The van der Waals surface area contributed by atoms with E-state index in [0.717, 1.165) is 5.56 Å². The van der Waals surface area contributed by atoms with Gasteiger partial charge in [-0.2, -0.15) is 16.8 Å². The highest BCUT2D eigenvalue weighted by Gasteiger charge is 2.19. The van der Waals surface area contributed by atoms with Crippen LogP contribution in [0, 0.1) is 0 Å². The van der Waals surface area contributed by atoms with Crippen molar-refractivity contribution in [3.8, 4) is 0 Å². The summed E-state index contributed by atoms with van der Waals surface area (Å²) in [5.74, 6) is 0. The molecule has 0 heterocycles. The molecule has 182 valence electrons. The highest BCUT2D eigenvalue weighted by atomic mass is 32.2. The Balaban J connectivity index is 0.000000689. The van der Waals surface area contributed by atoms with Gasteiger partial charge in [-0.15, -0.1) is 4.33 Å². The highest BCUT2D eigenvalue weighted by molar-refractivity contribution is 7.94. The van der Waals surface area contributed by atoms with Crippen molar-refractivity contribution in [2.24, 2.45) is 0 Å². The second-order valence-electron chi connectivity index (χ2n) is 6.10. The first-order valence-corrected chi connectivity index (χ1v) is 13.4. The summed E-state index contributed by atoms with van der Waals surface area (Å²) in [5, 5.41) is 15.9. The quantitative estimate of drug-likeness (QED) is 0.149. The molecule has 4 N–H and O–H groups in total. The molecule has 0 amide bonds. The Kier molecular flexibility index (Phi) is 11.8. The van der Waals surface area contributed by atoms with Crippen molar-refractivity contribution in [2.45, 2.75) is 30.2 Å². The summed E-state index contributed by atoms with van der Waals surface area (Å²) in [6, 6.07) is 17.7. The van der Waals surface area contributed by atoms with Crippen LogP contribution in [0.25, 0.3) is 10.8 Å². The molecule has 0 aliphatic heterocycles. The number of anilines is 1. The molecular formula is C20H25NO9S3. The van der Waals surface area contributed by atoms with Crippen LogP contribution in [0.2, 0.25) is 0 Å². The van der Waals surface area contributed by atoms with Crippen LogP contribution < -0.4 is 5.32 Å². The van der Waals surface area contributed by atoms with Gasteiger partial charge in [0.15, 0.2) is 0 Å². The van der Waals surface area contributed by atoms with Gasteiger partial charge >= 0.3 is 0 Å². The van der Waals surface area contributed by atoms with Crippen molar-refractivity contribution in [3.05, 3.63) is 66.2 Å². The van der Waals surface area contributed by atoms with Crippen molar-refractivity contribution in [1.82, 2.24) is 0 Å². The van der Waals surface area contributed by atoms with E-state index in [1.807, 2.05) is 44.2 Å². The molecule has 0 radical (unpaired) electrons. The number of hydrogen-bond acceptors (Lipinski definition) is 9. The van der Waals surface area contributed by atoms with Gasteiger partial charge in [0.05, 0.1) is 18.3 Å². The maximum absolute atomic E-state index is 11.9. The molecule has 0 saturated heterocycles. The molecule has 3 rings (SSSR count). The molecule has 10 nitrogen and oxygen atoms in total. The van der Waals surface area contributed by atoms with Gasteiger partial charge in [-0.3, -0.25) is 9.11 Å². The lowest BCUT2D eigenvalue weighted by Crippen LogP contribution is -2.04. The van der Waals surface area contributed by atoms with Crippen LogP contribution in [0.1, 0.15) is 19.4 Å². The molecule has 0 fully saturated rings. The van der Waals surface area contributed by atoms with Gasteiger partial charge < -0.3 is 5.32 Å². The van der Waals surface area contributed by atoms with E-state index in [2.05, 4.69) is 14.7 Å². The van der Waals surface area contributed by atoms with Crippen LogP contribution in [0.5, 0.6) is 0 Å². The first kappa shape index (κ1) is 28.8. The largest absolute Gasteiger partial charge is 0.380 e. The summed E-state index contributed by atoms with van der Waals surface area (Å²) in [6.45, 7) is 4.49. The van der Waals surface area contributed by atoms with Gasteiger partial charge in [-0.05, 0) is 29.1 Å². The molecule has 0 saturated carbocycles. The Hall–Kier alpha value is -2.23. The van der Waals surface area contributed by atoms with E-state index < -0.39 is 20.2 Å². The number of benzene rings is 3. The number of nitrogens with one attached hydrogen (secondary N) is 1. The lowest BCUT2D eigenvalue weighted by atomic mass is 10.1. The highest BCUT2D eigenvalue weighted by Crippen LogP contribution is 2.35. The molecule has 0 spiro atoms. The van der Waals surface area contributed by atoms with Gasteiger partial charge in [0, 0.05) is 22.5 Å². The maximum Gasteiger partial charge on any atom is 0.295 e. The average Bonchev–Trinajstić information content (AvgIpc) is 2.76. The van der Waals surface area contributed by atoms with Crippen molar-refractivity contribution in [3.63, 3.8) is 0 Å². The van der Waals surface area contributed by atoms with Crippen molar-refractivity contribution in [1.29, 1.82) is 0 Å². The standard InChI is InChI=1S/C17H15NO6S2.C2H6.CH4O3S/c19-23-24-25-14-9-13-7-4-8-15(17(13)16(10-14)26(20,21)22)18-11-12-5-2-1-3-6-12;1-2;1-5(2,3)4/h1-10,18-19H,11H2,(H,20,21,22);1-2H3;1H3,(H,2,3,4). The molecule has 0 aliphatic carbocycles. The fourth-order valence-electron chi connectivity index (χ4n) is 2.61. The summed E-state index contributed by atoms with van der Waals surface area (Å²) >= 11 is 0.613. The lowest BCUT2D eigenvalue weighted by Gasteiger charge is -2.13. The van der Waals surface area contributed by atoms with Gasteiger partial charge in [-0.25, -0.2) is 5.26 Å². The zero-order chi connectivity index (χ0) is 25.1. The molecule has 0 aromatic heterocycles. The van der Waals surface area contributed by atoms with Crippen LogP contribution in [-0.2, 0) is 36.2 Å². The molecule has 3 aromatic rings. The second-order valence-corrected chi connectivity index (χ2v) is 9.73. The predicted molar refractivity (Wildman–Crippen MR) is 127 cm³/mol. The topological polar surface area (TPSA) is 159 Å². The minimum atomic E-state index is -4.49. The van der Waals surface area contributed by atoms with E-state index in [1.165, 1.54) is 6.07 Å². The van der Waals surface area contributed by atoms with Crippen molar-refractivity contribution >= 4 is 48.7 Å². The molecule has 0 aliphatic rings. The smallest absolute Gasteiger partial charge is 0.295 e. The third-order valence-electron chi connectivity index (χ3n) is 3.68. The minimum Gasteiger partial charge on any atom is -0.380 e. The number of hydrogen-bond donors (Lipinski definition) is 4. The van der Waals surface area contributed by atoms with Gasteiger partial charge in [0.25, 0.3) is 20.2 Å². The zero-order valence-corrected chi connectivity index (χ0v) is 20.4. The Morgan fingerprint density at radius 2 is 1.55 bits per heavy atom. The van der Waals surface area contributed by atoms with E-state index in [0.29, 0.717) is 46.2 Å². The van der Waals surface area contributed by atoms with E-state index in [4.69, 9.17) is 9.81 Å². The van der Waals surface area contributed by atoms with Crippen LogP contribution in [0.4, 0.5) is 5.69 Å².